The quantitative estimate of drug-likeness (QED) is 0.642. The van der Waals surface area contributed by atoms with Crippen LogP contribution in [-0.2, 0) is 4.79 Å². The third-order valence-electron chi connectivity index (χ3n) is 5.97. The zero-order valence-electron chi connectivity index (χ0n) is 17.5. The van der Waals surface area contributed by atoms with E-state index in [-0.39, 0.29) is 11.8 Å². The lowest BCUT2D eigenvalue weighted by Crippen LogP contribution is -2.55. The largest absolute Gasteiger partial charge is 0.339 e. The van der Waals surface area contributed by atoms with Gasteiger partial charge in [0.2, 0.25) is 5.91 Å². The number of pyridine rings is 1. The van der Waals surface area contributed by atoms with Gasteiger partial charge >= 0.3 is 0 Å². The molecule has 3 heterocycles. The second-order valence-corrected chi connectivity index (χ2v) is 8.93. The molecule has 0 radical (unpaired) electrons. The first kappa shape index (κ1) is 22.2. The highest BCUT2D eigenvalue weighted by atomic mass is 79.9. The van der Waals surface area contributed by atoms with E-state index in [1.165, 1.54) is 12.8 Å². The minimum atomic E-state index is 0.00194. The Bertz CT molecular complexity index is 700. The molecule has 2 saturated heterocycles. The van der Waals surface area contributed by atoms with Gasteiger partial charge in [-0.15, -0.1) is 0 Å². The van der Waals surface area contributed by atoms with Gasteiger partial charge in [0.05, 0.1) is 12.1 Å². The predicted octanol–water partition coefficient (Wildman–Crippen LogP) is 1.93. The van der Waals surface area contributed by atoms with E-state index in [1.807, 2.05) is 9.80 Å². The van der Waals surface area contributed by atoms with Crippen molar-refractivity contribution >= 4 is 27.7 Å². The summed E-state index contributed by atoms with van der Waals surface area (Å²) in [5, 5.41) is 0. The van der Waals surface area contributed by atoms with Crippen LogP contribution in [0, 0.1) is 0 Å². The molecule has 1 unspecified atom stereocenters. The molecule has 160 valence electrons. The van der Waals surface area contributed by atoms with Crippen LogP contribution in [0.5, 0.6) is 0 Å². The van der Waals surface area contributed by atoms with Crippen LogP contribution >= 0.6 is 15.9 Å². The summed E-state index contributed by atoms with van der Waals surface area (Å²) in [4.78, 5) is 37.9. The van der Waals surface area contributed by atoms with Gasteiger partial charge in [-0.2, -0.15) is 0 Å². The fraction of sp³-hybridized carbons (Fsp3) is 0.667. The maximum Gasteiger partial charge on any atom is 0.255 e. The van der Waals surface area contributed by atoms with E-state index < -0.39 is 0 Å². The Morgan fingerprint density at radius 3 is 2.31 bits per heavy atom. The van der Waals surface area contributed by atoms with Gasteiger partial charge in [-0.25, -0.2) is 0 Å². The standard InChI is InChI=1S/C21H32BrN5O2/c1-3-4-17(2)25-9-11-26(12-10-25)20(28)16-24-5-7-27(8-6-24)21(29)18-13-19(22)15-23-14-18/h13-15,17H,3-12,16H2,1-2H3. The fourth-order valence-electron chi connectivity index (χ4n) is 4.12. The van der Waals surface area contributed by atoms with Crippen molar-refractivity contribution in [2.75, 3.05) is 58.9 Å². The molecule has 0 N–H and O–H groups in total. The van der Waals surface area contributed by atoms with Crippen molar-refractivity contribution in [1.29, 1.82) is 0 Å². The number of halogens is 1. The number of piperazine rings is 2. The Morgan fingerprint density at radius 1 is 1.03 bits per heavy atom. The Labute approximate surface area is 182 Å². The fourth-order valence-corrected chi connectivity index (χ4v) is 4.49. The minimum absolute atomic E-state index is 0.00194. The maximum absolute atomic E-state index is 12.7. The summed E-state index contributed by atoms with van der Waals surface area (Å²) < 4.78 is 0.803. The molecular formula is C21H32BrN5O2. The van der Waals surface area contributed by atoms with Gasteiger partial charge in [-0.1, -0.05) is 13.3 Å². The Hall–Kier alpha value is -1.51. The molecule has 1 atom stereocenters. The number of rotatable bonds is 6. The summed E-state index contributed by atoms with van der Waals surface area (Å²) in [6, 6.07) is 2.40. The zero-order chi connectivity index (χ0) is 20.8. The summed E-state index contributed by atoms with van der Waals surface area (Å²) in [5.74, 6) is 0.214. The molecule has 0 aliphatic carbocycles. The molecule has 1 aromatic rings. The van der Waals surface area contributed by atoms with Crippen molar-refractivity contribution in [3.63, 3.8) is 0 Å². The lowest BCUT2D eigenvalue weighted by Gasteiger charge is -2.39. The van der Waals surface area contributed by atoms with Gasteiger partial charge in [0.25, 0.3) is 5.91 Å². The van der Waals surface area contributed by atoms with Crippen molar-refractivity contribution in [3.8, 4) is 0 Å². The van der Waals surface area contributed by atoms with Crippen molar-refractivity contribution in [2.24, 2.45) is 0 Å². The Balaban J connectivity index is 1.41. The third-order valence-corrected chi connectivity index (χ3v) is 6.40. The lowest BCUT2D eigenvalue weighted by molar-refractivity contribution is -0.134. The highest BCUT2D eigenvalue weighted by molar-refractivity contribution is 9.10. The molecule has 7 nitrogen and oxygen atoms in total. The van der Waals surface area contributed by atoms with E-state index in [1.54, 1.807) is 18.5 Å². The van der Waals surface area contributed by atoms with Crippen LogP contribution in [0.1, 0.15) is 37.0 Å². The number of carbonyl (C=O) groups is 2. The number of aromatic nitrogens is 1. The second-order valence-electron chi connectivity index (χ2n) is 8.01. The van der Waals surface area contributed by atoms with Crippen molar-refractivity contribution < 1.29 is 9.59 Å². The van der Waals surface area contributed by atoms with E-state index in [2.05, 4.69) is 44.6 Å². The highest BCUT2D eigenvalue weighted by Gasteiger charge is 2.27. The van der Waals surface area contributed by atoms with Gasteiger partial charge < -0.3 is 9.80 Å². The monoisotopic (exact) mass is 465 g/mol. The lowest BCUT2D eigenvalue weighted by atomic mass is 10.1. The van der Waals surface area contributed by atoms with E-state index in [9.17, 15) is 9.59 Å². The van der Waals surface area contributed by atoms with Crippen LogP contribution in [0.25, 0.3) is 0 Å². The molecule has 0 spiro atoms. The minimum Gasteiger partial charge on any atom is -0.339 e. The molecule has 2 aliphatic heterocycles. The van der Waals surface area contributed by atoms with Gasteiger partial charge in [0.15, 0.2) is 0 Å². The molecule has 29 heavy (non-hydrogen) atoms. The van der Waals surface area contributed by atoms with E-state index >= 15 is 0 Å². The van der Waals surface area contributed by atoms with Crippen molar-refractivity contribution in [3.05, 3.63) is 28.5 Å². The molecule has 8 heteroatoms. The summed E-state index contributed by atoms with van der Waals surface area (Å²) in [7, 11) is 0. The molecule has 2 aliphatic rings. The third kappa shape index (κ3) is 5.99. The first-order chi connectivity index (χ1) is 14.0. The highest BCUT2D eigenvalue weighted by Crippen LogP contribution is 2.14. The first-order valence-corrected chi connectivity index (χ1v) is 11.4. The molecule has 1 aromatic heterocycles. The van der Waals surface area contributed by atoms with E-state index in [0.717, 1.165) is 43.7 Å². The van der Waals surface area contributed by atoms with Gasteiger partial charge in [0, 0.05) is 75.3 Å². The van der Waals surface area contributed by atoms with Crippen LogP contribution in [0.4, 0.5) is 0 Å². The first-order valence-electron chi connectivity index (χ1n) is 10.6. The molecule has 2 amide bonds. The van der Waals surface area contributed by atoms with Crippen LogP contribution < -0.4 is 0 Å². The molecule has 2 fully saturated rings. The Morgan fingerprint density at radius 2 is 1.69 bits per heavy atom. The molecule has 0 bridgehead atoms. The van der Waals surface area contributed by atoms with Crippen LogP contribution in [0.3, 0.4) is 0 Å². The SMILES string of the molecule is CCCC(C)N1CCN(C(=O)CN2CCN(C(=O)c3cncc(Br)c3)CC2)CC1. The zero-order valence-corrected chi connectivity index (χ0v) is 19.1. The summed E-state index contributed by atoms with van der Waals surface area (Å²) in [6.07, 6.45) is 5.69. The van der Waals surface area contributed by atoms with Gasteiger partial charge in [-0.3, -0.25) is 24.4 Å². The van der Waals surface area contributed by atoms with Crippen molar-refractivity contribution in [2.45, 2.75) is 32.7 Å². The topological polar surface area (TPSA) is 60.0 Å². The van der Waals surface area contributed by atoms with E-state index in [0.29, 0.717) is 31.2 Å². The van der Waals surface area contributed by atoms with Gasteiger partial charge in [-0.05, 0) is 35.3 Å². The van der Waals surface area contributed by atoms with Crippen molar-refractivity contribution in [1.82, 2.24) is 24.6 Å². The Kier molecular flexibility index (Phi) is 8.03. The number of amides is 2. The normalized spacial score (nSPS) is 20.0. The molecule has 0 saturated carbocycles. The van der Waals surface area contributed by atoms with Crippen LogP contribution in [0.15, 0.2) is 22.9 Å². The average Bonchev–Trinajstić information content (AvgIpc) is 2.74. The predicted molar refractivity (Wildman–Crippen MR) is 117 cm³/mol. The molecule has 3 rings (SSSR count). The smallest absolute Gasteiger partial charge is 0.255 e. The number of nitrogens with zero attached hydrogens (tertiary/aromatic N) is 5. The molecule has 0 aromatic carbocycles. The van der Waals surface area contributed by atoms with Crippen LogP contribution in [0.2, 0.25) is 0 Å². The maximum atomic E-state index is 12.7. The number of hydrogen-bond acceptors (Lipinski definition) is 5. The summed E-state index contributed by atoms with van der Waals surface area (Å²) in [6.45, 7) is 11.3. The summed E-state index contributed by atoms with van der Waals surface area (Å²) >= 11 is 3.36. The number of carbonyl (C=O) groups excluding carboxylic acids is 2. The van der Waals surface area contributed by atoms with Gasteiger partial charge in [0.1, 0.15) is 0 Å². The van der Waals surface area contributed by atoms with Crippen LogP contribution in [-0.4, -0.2) is 101 Å². The number of hydrogen-bond donors (Lipinski definition) is 0. The summed E-state index contributed by atoms with van der Waals surface area (Å²) in [5.41, 5.74) is 0.596. The van der Waals surface area contributed by atoms with E-state index in [4.69, 9.17) is 0 Å². The average molecular weight is 466 g/mol. The molecular weight excluding hydrogens is 434 g/mol. The second kappa shape index (κ2) is 10.5.